The first-order chi connectivity index (χ1) is 16.4. The van der Waals surface area contributed by atoms with Crippen molar-refractivity contribution in [2.24, 2.45) is 5.41 Å². The number of nitrogens with one attached hydrogen (secondary N) is 1. The number of aromatic nitrogens is 3. The van der Waals surface area contributed by atoms with Crippen molar-refractivity contribution < 1.29 is 14.6 Å². The molecule has 0 spiro atoms. The number of benzene rings is 1. The van der Waals surface area contributed by atoms with Crippen molar-refractivity contribution in [1.82, 2.24) is 20.1 Å². The van der Waals surface area contributed by atoms with Crippen LogP contribution in [0.3, 0.4) is 0 Å². The van der Waals surface area contributed by atoms with Crippen LogP contribution in [0.1, 0.15) is 52.8 Å². The van der Waals surface area contributed by atoms with E-state index in [1.165, 1.54) is 0 Å². The van der Waals surface area contributed by atoms with Crippen LogP contribution in [0.2, 0.25) is 0 Å². The van der Waals surface area contributed by atoms with Gasteiger partial charge in [-0.2, -0.15) is 10.4 Å². The van der Waals surface area contributed by atoms with Crippen LogP contribution in [-0.2, 0) is 17.9 Å². The predicted octanol–water partition coefficient (Wildman–Crippen LogP) is 4.92. The predicted molar refractivity (Wildman–Crippen MR) is 134 cm³/mol. The number of amides is 1. The van der Waals surface area contributed by atoms with E-state index >= 15 is 0 Å². The van der Waals surface area contributed by atoms with E-state index in [4.69, 9.17) is 9.84 Å². The Kier molecular flexibility index (Phi) is 7.61. The summed E-state index contributed by atoms with van der Waals surface area (Å²) in [5, 5.41) is 27.7. The quantitative estimate of drug-likeness (QED) is 0.523. The highest BCUT2D eigenvalue weighted by Crippen LogP contribution is 2.35. The molecule has 1 aromatic carbocycles. The summed E-state index contributed by atoms with van der Waals surface area (Å²) in [4.78, 5) is 16.7. The number of aliphatic hydroxyl groups excluding tert-OH is 1. The number of alkyl carbamates (subject to hydrolysis) is 1. The van der Waals surface area contributed by atoms with Crippen LogP contribution in [0.25, 0.3) is 22.4 Å². The van der Waals surface area contributed by atoms with Crippen LogP contribution in [0.15, 0.2) is 48.8 Å². The van der Waals surface area contributed by atoms with Gasteiger partial charge in [-0.05, 0) is 56.0 Å². The number of nitrogens with zero attached hydrogens (tertiary/aromatic N) is 4. The Morgan fingerprint density at radius 3 is 2.40 bits per heavy atom. The minimum Gasteiger partial charge on any atom is -0.444 e. The molecule has 0 radical (unpaired) electrons. The monoisotopic (exact) mass is 475 g/mol. The number of pyridine rings is 1. The molecular formula is C27H33N5O3. The van der Waals surface area contributed by atoms with Gasteiger partial charge in [-0.3, -0.25) is 9.67 Å². The second-order valence-electron chi connectivity index (χ2n) is 10.5. The molecule has 0 aliphatic carbocycles. The van der Waals surface area contributed by atoms with E-state index in [0.29, 0.717) is 23.5 Å². The first-order valence-electron chi connectivity index (χ1n) is 11.5. The second-order valence-corrected chi connectivity index (χ2v) is 10.5. The van der Waals surface area contributed by atoms with Crippen LogP contribution < -0.4 is 5.32 Å². The minimum absolute atomic E-state index is 0.258. The van der Waals surface area contributed by atoms with Gasteiger partial charge in [-0.15, -0.1) is 0 Å². The molecule has 0 saturated carbocycles. The zero-order valence-corrected chi connectivity index (χ0v) is 21.2. The first kappa shape index (κ1) is 25.9. The molecule has 0 saturated heterocycles. The SMILES string of the molecule is CC(C)(C)OC(=O)N[C@H](Cn1nc(-c2cccc(C#N)c2)c(-c2ccncc2)c1CO)C(C)(C)C. The number of carbonyl (C=O) groups excluding carboxylic acids is 1. The summed E-state index contributed by atoms with van der Waals surface area (Å²) >= 11 is 0. The Morgan fingerprint density at radius 2 is 1.83 bits per heavy atom. The van der Waals surface area contributed by atoms with Gasteiger partial charge in [0.1, 0.15) is 11.3 Å². The maximum Gasteiger partial charge on any atom is 0.407 e. The molecule has 35 heavy (non-hydrogen) atoms. The normalized spacial score (nSPS) is 12.6. The summed E-state index contributed by atoms with van der Waals surface area (Å²) < 4.78 is 7.22. The number of carbonyl (C=O) groups is 1. The van der Waals surface area contributed by atoms with Crippen LogP contribution >= 0.6 is 0 Å². The molecule has 0 aliphatic heterocycles. The van der Waals surface area contributed by atoms with E-state index in [2.05, 4.69) is 16.4 Å². The van der Waals surface area contributed by atoms with E-state index in [1.54, 1.807) is 29.2 Å². The van der Waals surface area contributed by atoms with Crippen LogP contribution in [0.4, 0.5) is 4.79 Å². The fraction of sp³-hybridized carbons (Fsp3) is 0.407. The molecule has 0 bridgehead atoms. The smallest absolute Gasteiger partial charge is 0.407 e. The lowest BCUT2D eigenvalue weighted by Crippen LogP contribution is -2.48. The Bertz CT molecular complexity index is 1210. The highest BCUT2D eigenvalue weighted by molar-refractivity contribution is 5.83. The summed E-state index contributed by atoms with van der Waals surface area (Å²) in [6.07, 6.45) is 2.86. The van der Waals surface area contributed by atoms with Crippen molar-refractivity contribution in [3.63, 3.8) is 0 Å². The van der Waals surface area contributed by atoms with Crippen LogP contribution in [-0.4, -0.2) is 37.6 Å². The molecular weight excluding hydrogens is 442 g/mol. The largest absolute Gasteiger partial charge is 0.444 e. The molecule has 2 heterocycles. The van der Waals surface area contributed by atoms with Crippen molar-refractivity contribution in [3.8, 4) is 28.5 Å². The summed E-state index contributed by atoms with van der Waals surface area (Å²) in [6, 6.07) is 12.8. The van der Waals surface area contributed by atoms with Gasteiger partial charge in [-0.1, -0.05) is 32.9 Å². The number of hydrogen-bond acceptors (Lipinski definition) is 6. The molecule has 1 atom stereocenters. The summed E-state index contributed by atoms with van der Waals surface area (Å²) in [5.74, 6) is 0. The third-order valence-electron chi connectivity index (χ3n) is 5.53. The summed E-state index contributed by atoms with van der Waals surface area (Å²) in [6.45, 7) is 11.6. The van der Waals surface area contributed by atoms with Crippen LogP contribution in [0.5, 0.6) is 0 Å². The van der Waals surface area contributed by atoms with E-state index < -0.39 is 11.7 Å². The van der Waals surface area contributed by atoms with Crippen molar-refractivity contribution in [2.75, 3.05) is 0 Å². The molecule has 1 amide bonds. The third-order valence-corrected chi connectivity index (χ3v) is 5.53. The fourth-order valence-corrected chi connectivity index (χ4v) is 3.73. The molecule has 2 N–H and O–H groups in total. The van der Waals surface area contributed by atoms with Crippen molar-refractivity contribution in [2.45, 2.75) is 66.3 Å². The highest BCUT2D eigenvalue weighted by Gasteiger charge is 2.31. The number of aliphatic hydroxyl groups is 1. The first-order valence-corrected chi connectivity index (χ1v) is 11.5. The topological polar surface area (TPSA) is 113 Å². The van der Waals surface area contributed by atoms with Gasteiger partial charge < -0.3 is 15.2 Å². The number of rotatable bonds is 6. The average Bonchev–Trinajstić information content (AvgIpc) is 3.15. The van der Waals surface area contributed by atoms with E-state index in [-0.39, 0.29) is 18.1 Å². The lowest BCUT2D eigenvalue weighted by atomic mass is 9.86. The van der Waals surface area contributed by atoms with Gasteiger partial charge in [0.2, 0.25) is 0 Å². The van der Waals surface area contributed by atoms with E-state index in [9.17, 15) is 15.2 Å². The standard InChI is InChI=1S/C27H33N5O3/c1-26(2,3)22(30-25(34)35-27(4,5)6)16-32-21(17-33)23(19-10-12-29-13-11-19)24(31-32)20-9-7-8-18(14-20)15-28/h7-14,22,33H,16-17H2,1-6H3,(H,30,34)/t22-/m1/s1. The van der Waals surface area contributed by atoms with Crippen molar-refractivity contribution in [3.05, 3.63) is 60.0 Å². The molecule has 3 aromatic rings. The lowest BCUT2D eigenvalue weighted by Gasteiger charge is -2.32. The van der Waals surface area contributed by atoms with Gasteiger partial charge in [0.25, 0.3) is 0 Å². The Labute approximate surface area is 206 Å². The van der Waals surface area contributed by atoms with Gasteiger partial charge in [-0.25, -0.2) is 4.79 Å². The lowest BCUT2D eigenvalue weighted by molar-refractivity contribution is 0.0451. The molecule has 0 fully saturated rings. The van der Waals surface area contributed by atoms with Gasteiger partial charge in [0, 0.05) is 23.5 Å². The van der Waals surface area contributed by atoms with Gasteiger partial charge in [0.05, 0.1) is 36.5 Å². The maximum atomic E-state index is 12.6. The Morgan fingerprint density at radius 1 is 1.14 bits per heavy atom. The average molecular weight is 476 g/mol. The molecule has 8 heteroatoms. The maximum absolute atomic E-state index is 12.6. The van der Waals surface area contributed by atoms with E-state index in [0.717, 1.165) is 16.7 Å². The van der Waals surface area contributed by atoms with Crippen molar-refractivity contribution in [1.29, 1.82) is 5.26 Å². The van der Waals surface area contributed by atoms with Gasteiger partial charge in [0.15, 0.2) is 0 Å². The molecule has 0 unspecified atom stereocenters. The second kappa shape index (κ2) is 10.3. The minimum atomic E-state index is -0.623. The number of hydrogen-bond donors (Lipinski definition) is 2. The van der Waals surface area contributed by atoms with Crippen LogP contribution in [0, 0.1) is 16.7 Å². The van der Waals surface area contributed by atoms with Gasteiger partial charge >= 0.3 is 6.09 Å². The number of ether oxygens (including phenoxy) is 1. The Balaban J connectivity index is 2.11. The fourth-order valence-electron chi connectivity index (χ4n) is 3.73. The molecule has 2 aromatic heterocycles. The molecule has 0 aliphatic rings. The molecule has 3 rings (SSSR count). The zero-order valence-electron chi connectivity index (χ0n) is 21.2. The summed E-state index contributed by atoms with van der Waals surface area (Å²) in [7, 11) is 0. The number of nitriles is 1. The zero-order chi connectivity index (χ0) is 25.8. The highest BCUT2D eigenvalue weighted by atomic mass is 16.6. The Hall–Kier alpha value is -3.70. The molecule has 8 nitrogen and oxygen atoms in total. The summed E-state index contributed by atoms with van der Waals surface area (Å²) in [5.41, 5.74) is 3.18. The third kappa shape index (κ3) is 6.46. The van der Waals surface area contributed by atoms with E-state index in [1.807, 2.05) is 65.8 Å². The molecule has 184 valence electrons. The van der Waals surface area contributed by atoms with Crippen molar-refractivity contribution >= 4 is 6.09 Å².